The molecule has 0 bridgehead atoms. The minimum Gasteiger partial charge on any atom is -0.485 e. The van der Waals surface area contributed by atoms with Gasteiger partial charge in [-0.25, -0.2) is 4.98 Å². The number of hydrogen-bond donors (Lipinski definition) is 2. The summed E-state index contributed by atoms with van der Waals surface area (Å²) < 4.78 is 5.76. The van der Waals surface area contributed by atoms with E-state index in [-0.39, 0.29) is 11.2 Å². The van der Waals surface area contributed by atoms with Crippen LogP contribution in [-0.2, 0) is 17.8 Å². The zero-order chi connectivity index (χ0) is 19.9. The van der Waals surface area contributed by atoms with Crippen LogP contribution in [0.15, 0.2) is 53.7 Å². The normalized spacial score (nSPS) is 11.8. The maximum absolute atomic E-state index is 12.4. The molecule has 0 saturated carbocycles. The summed E-state index contributed by atoms with van der Waals surface area (Å²) in [6.07, 6.45) is 0.973. The van der Waals surface area contributed by atoms with Crippen molar-refractivity contribution in [1.29, 1.82) is 0 Å². The molecule has 1 aromatic heterocycles. The molecule has 0 unspecified atom stereocenters. The van der Waals surface area contributed by atoms with Crippen molar-refractivity contribution in [2.24, 2.45) is 0 Å². The first-order valence-electron chi connectivity index (χ1n) is 9.21. The Morgan fingerprint density at radius 1 is 1.21 bits per heavy atom. The number of carbonyl (C=O) groups excluding carboxylic acids is 1. The lowest BCUT2D eigenvalue weighted by atomic mass is 10.1. The van der Waals surface area contributed by atoms with E-state index in [1.165, 1.54) is 17.3 Å². The average molecular weight is 397 g/mol. The number of anilines is 1. The molecular formula is C21H24N4O2S. The van der Waals surface area contributed by atoms with Crippen LogP contribution in [0.5, 0.6) is 5.75 Å². The van der Waals surface area contributed by atoms with Gasteiger partial charge in [0.1, 0.15) is 12.4 Å². The molecule has 0 spiro atoms. The van der Waals surface area contributed by atoms with Crippen molar-refractivity contribution < 1.29 is 9.53 Å². The number of ether oxygens (including phenoxy) is 1. The number of nitrogens with zero attached hydrogens (tertiary/aromatic N) is 2. The molecule has 1 atom stereocenters. The molecule has 0 aliphatic rings. The third-order valence-corrected chi connectivity index (χ3v) is 5.21. The fourth-order valence-corrected chi connectivity index (χ4v) is 3.28. The molecule has 2 N–H and O–H groups in total. The summed E-state index contributed by atoms with van der Waals surface area (Å²) in [7, 11) is 0. The van der Waals surface area contributed by atoms with E-state index in [1.54, 1.807) is 0 Å². The first-order valence-corrected chi connectivity index (χ1v) is 10.1. The van der Waals surface area contributed by atoms with Crippen LogP contribution in [0.25, 0.3) is 0 Å². The molecular weight excluding hydrogens is 372 g/mol. The largest absolute Gasteiger partial charge is 0.485 e. The second-order valence-corrected chi connectivity index (χ2v) is 7.73. The van der Waals surface area contributed by atoms with Gasteiger partial charge in [-0.2, -0.15) is 0 Å². The molecule has 3 rings (SSSR count). The standard InChI is InChI=1S/C21H24N4O2S/c1-4-16-9-11-17(12-10-16)22-20(26)15(3)28-21-23-19(24-25-21)13-27-18-8-6-5-7-14(18)2/h5-12,15H,4,13H2,1-3H3,(H,22,26)(H,23,24,25)/t15-/m1/s1. The molecule has 6 nitrogen and oxygen atoms in total. The fourth-order valence-electron chi connectivity index (χ4n) is 2.54. The summed E-state index contributed by atoms with van der Waals surface area (Å²) in [4.78, 5) is 16.8. The number of H-pyrrole nitrogens is 1. The average Bonchev–Trinajstić information content (AvgIpc) is 3.15. The van der Waals surface area contributed by atoms with Crippen molar-refractivity contribution in [2.45, 2.75) is 44.2 Å². The van der Waals surface area contributed by atoms with Crippen LogP contribution in [0.3, 0.4) is 0 Å². The number of nitrogens with one attached hydrogen (secondary N) is 2. The van der Waals surface area contributed by atoms with Gasteiger partial charge >= 0.3 is 0 Å². The van der Waals surface area contributed by atoms with E-state index in [1.807, 2.05) is 62.4 Å². The number of hydrogen-bond acceptors (Lipinski definition) is 5. The van der Waals surface area contributed by atoms with Crippen molar-refractivity contribution >= 4 is 23.4 Å². The van der Waals surface area contributed by atoms with Crippen molar-refractivity contribution in [3.63, 3.8) is 0 Å². The Hall–Kier alpha value is -2.80. The topological polar surface area (TPSA) is 79.9 Å². The minimum absolute atomic E-state index is 0.0863. The molecule has 1 amide bonds. The van der Waals surface area contributed by atoms with E-state index >= 15 is 0 Å². The van der Waals surface area contributed by atoms with Crippen molar-refractivity contribution in [1.82, 2.24) is 15.2 Å². The number of aromatic amines is 1. The van der Waals surface area contributed by atoms with Crippen molar-refractivity contribution in [3.8, 4) is 5.75 Å². The molecule has 0 saturated heterocycles. The predicted octanol–water partition coefficient (Wildman–Crippen LogP) is 4.37. The van der Waals surface area contributed by atoms with E-state index in [0.29, 0.717) is 17.6 Å². The zero-order valence-electron chi connectivity index (χ0n) is 16.2. The van der Waals surface area contributed by atoms with Crippen LogP contribution >= 0.6 is 11.8 Å². The molecule has 0 fully saturated rings. The monoisotopic (exact) mass is 396 g/mol. The highest BCUT2D eigenvalue weighted by Gasteiger charge is 2.17. The van der Waals surface area contributed by atoms with Gasteiger partial charge < -0.3 is 10.1 Å². The third-order valence-electron chi connectivity index (χ3n) is 4.25. The molecule has 2 aromatic carbocycles. The number of rotatable bonds is 8. The summed E-state index contributed by atoms with van der Waals surface area (Å²) in [6.45, 7) is 6.22. The van der Waals surface area contributed by atoms with Gasteiger partial charge in [-0.1, -0.05) is 49.0 Å². The number of thioether (sulfide) groups is 1. The highest BCUT2D eigenvalue weighted by Crippen LogP contribution is 2.22. The van der Waals surface area contributed by atoms with Gasteiger partial charge in [0.25, 0.3) is 0 Å². The van der Waals surface area contributed by atoms with Crippen LogP contribution in [0.4, 0.5) is 5.69 Å². The molecule has 0 aliphatic carbocycles. The van der Waals surface area contributed by atoms with E-state index in [4.69, 9.17) is 4.74 Å². The van der Waals surface area contributed by atoms with Gasteiger partial charge in [-0.15, -0.1) is 5.10 Å². The molecule has 7 heteroatoms. The lowest BCUT2D eigenvalue weighted by Gasteiger charge is -2.10. The van der Waals surface area contributed by atoms with Gasteiger partial charge in [0, 0.05) is 5.69 Å². The Balaban J connectivity index is 1.51. The number of aromatic nitrogens is 3. The smallest absolute Gasteiger partial charge is 0.237 e. The van der Waals surface area contributed by atoms with Crippen molar-refractivity contribution in [2.75, 3.05) is 5.32 Å². The predicted molar refractivity (Wildman–Crippen MR) is 112 cm³/mol. The molecule has 0 radical (unpaired) electrons. The maximum Gasteiger partial charge on any atom is 0.237 e. The number of aryl methyl sites for hydroxylation is 2. The molecule has 28 heavy (non-hydrogen) atoms. The van der Waals surface area contributed by atoms with Crippen LogP contribution in [0, 0.1) is 6.92 Å². The van der Waals surface area contributed by atoms with Crippen LogP contribution in [0.2, 0.25) is 0 Å². The Kier molecular flexibility index (Phi) is 6.71. The highest BCUT2D eigenvalue weighted by molar-refractivity contribution is 8.00. The van der Waals surface area contributed by atoms with E-state index in [9.17, 15) is 4.79 Å². The second-order valence-electron chi connectivity index (χ2n) is 6.42. The van der Waals surface area contributed by atoms with E-state index in [0.717, 1.165) is 23.4 Å². The highest BCUT2D eigenvalue weighted by atomic mass is 32.2. The minimum atomic E-state index is -0.327. The first kappa shape index (κ1) is 19.9. The summed E-state index contributed by atoms with van der Waals surface area (Å²) in [5.41, 5.74) is 3.09. The molecule has 3 aromatic rings. The molecule has 1 heterocycles. The number of benzene rings is 2. The quantitative estimate of drug-likeness (QED) is 0.553. The lowest BCUT2D eigenvalue weighted by molar-refractivity contribution is -0.115. The Morgan fingerprint density at radius 3 is 2.68 bits per heavy atom. The summed E-state index contributed by atoms with van der Waals surface area (Å²) in [5.74, 6) is 1.35. The maximum atomic E-state index is 12.4. The number of amides is 1. The fraction of sp³-hybridized carbons (Fsp3) is 0.286. The Labute approximate surface area is 169 Å². The first-order chi connectivity index (χ1) is 13.5. The van der Waals surface area contributed by atoms with E-state index in [2.05, 4.69) is 27.4 Å². The third kappa shape index (κ3) is 5.36. The summed E-state index contributed by atoms with van der Waals surface area (Å²) in [6, 6.07) is 15.7. The van der Waals surface area contributed by atoms with Gasteiger partial charge in [0.05, 0.1) is 5.25 Å². The van der Waals surface area contributed by atoms with Crippen LogP contribution < -0.4 is 10.1 Å². The Morgan fingerprint density at radius 2 is 1.96 bits per heavy atom. The summed E-state index contributed by atoms with van der Waals surface area (Å²) >= 11 is 1.30. The molecule has 0 aliphatic heterocycles. The SMILES string of the molecule is CCc1ccc(NC(=O)[C@@H](C)Sc2n[nH]c(COc3ccccc3C)n2)cc1. The number of para-hydroxylation sites is 1. The zero-order valence-corrected chi connectivity index (χ0v) is 17.0. The molecule has 146 valence electrons. The summed E-state index contributed by atoms with van der Waals surface area (Å²) in [5, 5.41) is 10.1. The van der Waals surface area contributed by atoms with Gasteiger partial charge in [-0.3, -0.25) is 9.89 Å². The van der Waals surface area contributed by atoms with Gasteiger partial charge in [-0.05, 0) is 49.6 Å². The van der Waals surface area contributed by atoms with Gasteiger partial charge in [0.2, 0.25) is 11.1 Å². The number of carbonyl (C=O) groups is 1. The van der Waals surface area contributed by atoms with Crippen LogP contribution in [-0.4, -0.2) is 26.3 Å². The van der Waals surface area contributed by atoms with Crippen molar-refractivity contribution in [3.05, 3.63) is 65.5 Å². The van der Waals surface area contributed by atoms with Crippen LogP contribution in [0.1, 0.15) is 30.8 Å². The lowest BCUT2D eigenvalue weighted by Crippen LogP contribution is -2.22. The van der Waals surface area contributed by atoms with E-state index < -0.39 is 0 Å². The van der Waals surface area contributed by atoms with Gasteiger partial charge in [0.15, 0.2) is 5.82 Å². The second kappa shape index (κ2) is 9.41. The Bertz CT molecular complexity index is 924.